The number of nitrogens with zero attached hydrogens (tertiary/aromatic N) is 1. The van der Waals surface area contributed by atoms with Crippen LogP contribution in [0, 0.1) is 0 Å². The average Bonchev–Trinajstić information content (AvgIpc) is 3.02. The van der Waals surface area contributed by atoms with E-state index in [-0.39, 0.29) is 10.7 Å². The van der Waals surface area contributed by atoms with Gasteiger partial charge in [-0.05, 0) is 43.0 Å². The minimum absolute atomic E-state index is 0.0872. The lowest BCUT2D eigenvalue weighted by atomic mass is 10.2. The van der Waals surface area contributed by atoms with Crippen molar-refractivity contribution in [3.63, 3.8) is 0 Å². The van der Waals surface area contributed by atoms with Gasteiger partial charge >= 0.3 is 0 Å². The zero-order valence-corrected chi connectivity index (χ0v) is 14.8. The molecule has 25 heavy (non-hydrogen) atoms. The fraction of sp³-hybridized carbons (Fsp3) is 0.211. The molecule has 130 valence electrons. The van der Waals surface area contributed by atoms with E-state index in [4.69, 9.17) is 0 Å². The maximum Gasteiger partial charge on any atom is 0.240 e. The number of hydrogen-bond acceptors (Lipinski definition) is 3. The predicted molar refractivity (Wildman–Crippen MR) is 98.2 cm³/mol. The Hall–Kier alpha value is -2.44. The van der Waals surface area contributed by atoms with E-state index in [0.29, 0.717) is 18.5 Å². The van der Waals surface area contributed by atoms with Crippen LogP contribution < -0.4 is 4.72 Å². The number of sulfonamides is 1. The van der Waals surface area contributed by atoms with Gasteiger partial charge in [0, 0.05) is 30.4 Å². The summed E-state index contributed by atoms with van der Waals surface area (Å²) in [6, 6.07) is 16.1. The maximum absolute atomic E-state index is 12.3. The lowest BCUT2D eigenvalue weighted by molar-refractivity contribution is 0.101. The number of carbonyl (C=O) groups excluding carboxylic acids is 1. The predicted octanol–water partition coefficient (Wildman–Crippen LogP) is 3.21. The van der Waals surface area contributed by atoms with Gasteiger partial charge in [0.15, 0.2) is 5.78 Å². The van der Waals surface area contributed by atoms with Crippen LogP contribution in [0.5, 0.6) is 0 Å². The van der Waals surface area contributed by atoms with Gasteiger partial charge in [-0.1, -0.05) is 30.3 Å². The molecule has 0 atom stereocenters. The third-order valence-corrected chi connectivity index (χ3v) is 5.60. The molecular formula is C19H20N2O3S. The Labute approximate surface area is 147 Å². The molecule has 2 aromatic carbocycles. The van der Waals surface area contributed by atoms with E-state index in [2.05, 4.69) is 27.5 Å². The molecule has 0 spiro atoms. The summed E-state index contributed by atoms with van der Waals surface area (Å²) < 4.78 is 29.3. The van der Waals surface area contributed by atoms with Crippen LogP contribution in [-0.4, -0.2) is 25.3 Å². The Morgan fingerprint density at radius 1 is 1.04 bits per heavy atom. The van der Waals surface area contributed by atoms with Gasteiger partial charge in [0.05, 0.1) is 4.90 Å². The van der Waals surface area contributed by atoms with Crippen molar-refractivity contribution in [1.29, 1.82) is 0 Å². The van der Waals surface area contributed by atoms with Crippen LogP contribution in [0.3, 0.4) is 0 Å². The molecule has 3 aromatic rings. The minimum atomic E-state index is -3.56. The second-order valence-electron chi connectivity index (χ2n) is 5.90. The molecule has 0 bridgehead atoms. The summed E-state index contributed by atoms with van der Waals surface area (Å²) in [6.07, 6.45) is 2.70. The molecule has 5 nitrogen and oxygen atoms in total. The van der Waals surface area contributed by atoms with E-state index in [9.17, 15) is 13.2 Å². The largest absolute Gasteiger partial charge is 0.347 e. The van der Waals surface area contributed by atoms with E-state index in [1.165, 1.54) is 36.6 Å². The first-order valence-electron chi connectivity index (χ1n) is 8.12. The molecule has 0 saturated carbocycles. The summed E-state index contributed by atoms with van der Waals surface area (Å²) in [4.78, 5) is 11.4. The van der Waals surface area contributed by atoms with Crippen LogP contribution in [0.15, 0.2) is 65.7 Å². The number of carbonyl (C=O) groups is 1. The highest BCUT2D eigenvalue weighted by Gasteiger charge is 2.13. The molecule has 1 aromatic heterocycles. The molecule has 0 radical (unpaired) electrons. The fourth-order valence-electron chi connectivity index (χ4n) is 2.74. The Morgan fingerprint density at radius 3 is 2.48 bits per heavy atom. The maximum atomic E-state index is 12.3. The molecule has 3 rings (SSSR count). The van der Waals surface area contributed by atoms with Crippen molar-refractivity contribution < 1.29 is 13.2 Å². The first-order valence-corrected chi connectivity index (χ1v) is 9.60. The molecule has 0 saturated heterocycles. The van der Waals surface area contributed by atoms with Crippen molar-refractivity contribution in [2.45, 2.75) is 24.8 Å². The van der Waals surface area contributed by atoms with Gasteiger partial charge in [0.25, 0.3) is 0 Å². The molecule has 0 aliphatic rings. The first-order chi connectivity index (χ1) is 12.0. The highest BCUT2D eigenvalue weighted by molar-refractivity contribution is 7.89. The summed E-state index contributed by atoms with van der Waals surface area (Å²) in [6.45, 7) is 2.54. The Morgan fingerprint density at radius 2 is 1.76 bits per heavy atom. The number of hydrogen-bond donors (Lipinski definition) is 1. The number of aryl methyl sites for hydroxylation is 1. The van der Waals surface area contributed by atoms with Crippen LogP contribution in [-0.2, 0) is 16.6 Å². The average molecular weight is 356 g/mol. The normalized spacial score (nSPS) is 11.7. The van der Waals surface area contributed by atoms with Crippen molar-refractivity contribution in [3.8, 4) is 0 Å². The Kier molecular flexibility index (Phi) is 5.01. The van der Waals surface area contributed by atoms with Crippen LogP contribution in [0.2, 0.25) is 0 Å². The van der Waals surface area contributed by atoms with E-state index < -0.39 is 10.0 Å². The summed E-state index contributed by atoms with van der Waals surface area (Å²) in [5.41, 5.74) is 1.64. The van der Waals surface area contributed by atoms with Crippen LogP contribution in [0.4, 0.5) is 0 Å². The third kappa shape index (κ3) is 3.97. The number of fused-ring (bicyclic) bond motifs is 1. The van der Waals surface area contributed by atoms with Crippen LogP contribution in [0.25, 0.3) is 10.9 Å². The number of aromatic nitrogens is 1. The molecular weight excluding hydrogens is 336 g/mol. The lowest BCUT2D eigenvalue weighted by Gasteiger charge is -2.08. The molecule has 0 fully saturated rings. The first kappa shape index (κ1) is 17.4. The second-order valence-corrected chi connectivity index (χ2v) is 7.67. The SMILES string of the molecule is CC(=O)c1ccc(S(=O)(=O)NCCCn2ccc3ccccc32)cc1. The van der Waals surface area contributed by atoms with E-state index in [0.717, 1.165) is 12.1 Å². The van der Waals surface area contributed by atoms with Crippen molar-refractivity contribution in [2.75, 3.05) is 6.54 Å². The number of para-hydroxylation sites is 1. The van der Waals surface area contributed by atoms with E-state index >= 15 is 0 Å². The quantitative estimate of drug-likeness (QED) is 0.522. The summed E-state index contributed by atoms with van der Waals surface area (Å²) in [7, 11) is -3.56. The van der Waals surface area contributed by atoms with Crippen molar-refractivity contribution in [1.82, 2.24) is 9.29 Å². The van der Waals surface area contributed by atoms with Crippen molar-refractivity contribution in [3.05, 3.63) is 66.4 Å². The second kappa shape index (κ2) is 7.21. The molecule has 6 heteroatoms. The molecule has 1 N–H and O–H groups in total. The number of Topliss-reactive ketones (excluding diaryl/α,β-unsaturated/α-hetero) is 1. The van der Waals surface area contributed by atoms with Gasteiger partial charge in [-0.2, -0.15) is 0 Å². The molecule has 0 unspecified atom stereocenters. The van der Waals surface area contributed by atoms with Gasteiger partial charge in [0.2, 0.25) is 10.0 Å². The molecule has 1 heterocycles. The molecule has 0 aliphatic carbocycles. The topological polar surface area (TPSA) is 68.2 Å². The van der Waals surface area contributed by atoms with Gasteiger partial charge in [-0.15, -0.1) is 0 Å². The number of benzene rings is 2. The fourth-order valence-corrected chi connectivity index (χ4v) is 3.82. The monoisotopic (exact) mass is 356 g/mol. The van der Waals surface area contributed by atoms with Crippen molar-refractivity contribution >= 4 is 26.7 Å². The van der Waals surface area contributed by atoms with E-state index in [1.807, 2.05) is 18.3 Å². The van der Waals surface area contributed by atoms with Gasteiger partial charge in [-0.3, -0.25) is 4.79 Å². The Bertz CT molecular complexity index is 989. The highest BCUT2D eigenvalue weighted by Crippen LogP contribution is 2.15. The standard InChI is InChI=1S/C19H20N2O3S/c1-15(22)16-7-9-18(10-8-16)25(23,24)20-12-4-13-21-14-11-17-5-2-3-6-19(17)21/h2-3,5-11,14,20H,4,12-13H2,1H3. The zero-order chi connectivity index (χ0) is 17.9. The van der Waals surface area contributed by atoms with Crippen molar-refractivity contribution in [2.24, 2.45) is 0 Å². The van der Waals surface area contributed by atoms with Gasteiger partial charge in [-0.25, -0.2) is 13.1 Å². The summed E-state index contributed by atoms with van der Waals surface area (Å²) in [5.74, 6) is -0.0872. The third-order valence-electron chi connectivity index (χ3n) is 4.12. The number of nitrogens with one attached hydrogen (secondary N) is 1. The summed E-state index contributed by atoms with van der Waals surface area (Å²) >= 11 is 0. The highest BCUT2D eigenvalue weighted by atomic mass is 32.2. The number of rotatable bonds is 7. The van der Waals surface area contributed by atoms with Crippen LogP contribution >= 0.6 is 0 Å². The van der Waals surface area contributed by atoms with E-state index in [1.54, 1.807) is 0 Å². The summed E-state index contributed by atoms with van der Waals surface area (Å²) in [5, 5.41) is 1.17. The van der Waals surface area contributed by atoms with Gasteiger partial charge < -0.3 is 4.57 Å². The van der Waals surface area contributed by atoms with Gasteiger partial charge in [0.1, 0.15) is 0 Å². The molecule has 0 aliphatic heterocycles. The number of ketones is 1. The van der Waals surface area contributed by atoms with Crippen LogP contribution in [0.1, 0.15) is 23.7 Å². The molecule has 0 amide bonds. The lowest BCUT2D eigenvalue weighted by Crippen LogP contribution is -2.25. The smallest absolute Gasteiger partial charge is 0.240 e. The minimum Gasteiger partial charge on any atom is -0.347 e. The Balaban J connectivity index is 1.58. The zero-order valence-electron chi connectivity index (χ0n) is 14.0.